The van der Waals surface area contributed by atoms with Gasteiger partial charge in [0.2, 0.25) is 5.88 Å². The Bertz CT molecular complexity index is 462. The minimum atomic E-state index is -1.02. The Morgan fingerprint density at radius 1 is 1.65 bits per heavy atom. The fourth-order valence-electron chi connectivity index (χ4n) is 1.91. The maximum Gasteiger partial charge on any atom is 0.411 e. The predicted molar refractivity (Wildman–Crippen MR) is 55.4 cm³/mol. The van der Waals surface area contributed by atoms with Crippen LogP contribution < -0.4 is 10.5 Å². The normalized spacial score (nSPS) is 21.9. The van der Waals surface area contributed by atoms with E-state index in [2.05, 4.69) is 5.10 Å². The Morgan fingerprint density at radius 3 is 2.82 bits per heavy atom. The van der Waals surface area contributed by atoms with Gasteiger partial charge in [0, 0.05) is 6.07 Å². The summed E-state index contributed by atoms with van der Waals surface area (Å²) in [6.07, 6.45) is 1.12. The fourth-order valence-corrected chi connectivity index (χ4v) is 1.91. The zero-order valence-electron chi connectivity index (χ0n) is 9.13. The molecule has 1 saturated heterocycles. The standard InChI is InChI=1S/C10H13N3O4/c11-9(14)17-8-3-7(10(15)4-16-5-10)13(12-8)6-1-2-6/h3,6,15H,1-2,4-5H2,(H2,11,14). The van der Waals surface area contributed by atoms with E-state index in [1.54, 1.807) is 10.7 Å². The van der Waals surface area contributed by atoms with Crippen LogP contribution in [0.15, 0.2) is 6.07 Å². The Kier molecular flexibility index (Phi) is 2.14. The molecule has 0 unspecified atom stereocenters. The van der Waals surface area contributed by atoms with Crippen LogP contribution in [0.1, 0.15) is 24.6 Å². The number of nitrogens with two attached hydrogens (primary N) is 1. The van der Waals surface area contributed by atoms with Gasteiger partial charge in [0.1, 0.15) is 0 Å². The SMILES string of the molecule is NC(=O)Oc1cc(C2(O)COC2)n(C2CC2)n1. The van der Waals surface area contributed by atoms with Crippen molar-refractivity contribution in [3.05, 3.63) is 11.8 Å². The molecule has 1 saturated carbocycles. The Labute approximate surface area is 97.1 Å². The Morgan fingerprint density at radius 2 is 2.35 bits per heavy atom. The Balaban J connectivity index is 1.94. The second-order valence-electron chi connectivity index (χ2n) is 4.49. The van der Waals surface area contributed by atoms with E-state index >= 15 is 0 Å². The van der Waals surface area contributed by atoms with Crippen LogP contribution in [0, 0.1) is 0 Å². The topological polar surface area (TPSA) is 99.6 Å². The molecular formula is C10H13N3O4. The molecule has 0 bridgehead atoms. The monoisotopic (exact) mass is 239 g/mol. The van der Waals surface area contributed by atoms with Crippen molar-refractivity contribution in [2.75, 3.05) is 13.2 Å². The van der Waals surface area contributed by atoms with Crippen molar-refractivity contribution >= 4 is 6.09 Å². The van der Waals surface area contributed by atoms with E-state index in [-0.39, 0.29) is 25.1 Å². The van der Waals surface area contributed by atoms with Gasteiger partial charge in [0.15, 0.2) is 5.60 Å². The summed E-state index contributed by atoms with van der Waals surface area (Å²) in [4.78, 5) is 10.7. The number of carbonyl (C=O) groups excluding carboxylic acids is 1. The molecule has 2 aliphatic rings. The molecule has 0 aromatic carbocycles. The highest BCUT2D eigenvalue weighted by atomic mass is 16.6. The van der Waals surface area contributed by atoms with E-state index < -0.39 is 11.7 Å². The number of hydrogen-bond acceptors (Lipinski definition) is 5. The first-order valence-electron chi connectivity index (χ1n) is 5.46. The van der Waals surface area contributed by atoms with Crippen LogP contribution >= 0.6 is 0 Å². The van der Waals surface area contributed by atoms with Crippen LogP contribution in [-0.4, -0.2) is 34.2 Å². The van der Waals surface area contributed by atoms with Gasteiger partial charge in [-0.2, -0.15) is 0 Å². The van der Waals surface area contributed by atoms with Crippen molar-refractivity contribution < 1.29 is 19.4 Å². The molecular weight excluding hydrogens is 226 g/mol. The first kappa shape index (κ1) is 10.5. The lowest BCUT2D eigenvalue weighted by atomic mass is 9.98. The highest BCUT2D eigenvalue weighted by Gasteiger charge is 2.44. The molecule has 17 heavy (non-hydrogen) atoms. The summed E-state index contributed by atoms with van der Waals surface area (Å²) in [5.41, 5.74) is 4.54. The van der Waals surface area contributed by atoms with Gasteiger partial charge in [0.25, 0.3) is 0 Å². The maximum atomic E-state index is 10.7. The van der Waals surface area contributed by atoms with E-state index in [4.69, 9.17) is 15.2 Å². The van der Waals surface area contributed by atoms with Crippen molar-refractivity contribution in [1.29, 1.82) is 0 Å². The molecule has 2 heterocycles. The second kappa shape index (κ2) is 3.44. The van der Waals surface area contributed by atoms with Crippen molar-refractivity contribution in [2.45, 2.75) is 24.5 Å². The molecule has 7 heteroatoms. The quantitative estimate of drug-likeness (QED) is 0.766. The average molecular weight is 239 g/mol. The molecule has 1 aromatic heterocycles. The molecule has 1 amide bonds. The lowest BCUT2D eigenvalue weighted by molar-refractivity contribution is -0.188. The molecule has 3 rings (SSSR count). The van der Waals surface area contributed by atoms with Crippen LogP contribution in [-0.2, 0) is 10.3 Å². The van der Waals surface area contributed by atoms with Gasteiger partial charge in [-0.05, 0) is 12.8 Å². The Hall–Kier alpha value is -1.60. The number of aliphatic hydroxyl groups is 1. The first-order valence-corrected chi connectivity index (χ1v) is 5.46. The van der Waals surface area contributed by atoms with Crippen LogP contribution in [0.5, 0.6) is 5.88 Å². The molecule has 7 nitrogen and oxygen atoms in total. The average Bonchev–Trinajstić information content (AvgIpc) is 2.97. The largest absolute Gasteiger partial charge is 0.411 e. The van der Waals surface area contributed by atoms with Crippen molar-refractivity contribution in [3.63, 3.8) is 0 Å². The maximum absolute atomic E-state index is 10.7. The van der Waals surface area contributed by atoms with E-state index in [0.29, 0.717) is 5.69 Å². The van der Waals surface area contributed by atoms with Gasteiger partial charge >= 0.3 is 6.09 Å². The lowest BCUT2D eigenvalue weighted by Crippen LogP contribution is -2.48. The van der Waals surface area contributed by atoms with Crippen LogP contribution in [0.3, 0.4) is 0 Å². The third-order valence-corrected chi connectivity index (χ3v) is 2.97. The van der Waals surface area contributed by atoms with Gasteiger partial charge in [-0.3, -0.25) is 4.68 Å². The van der Waals surface area contributed by atoms with Crippen molar-refractivity contribution in [1.82, 2.24) is 9.78 Å². The lowest BCUT2D eigenvalue weighted by Gasteiger charge is -2.36. The molecule has 1 aromatic rings. The third-order valence-electron chi connectivity index (χ3n) is 2.97. The number of primary amides is 1. The van der Waals surface area contributed by atoms with Crippen LogP contribution in [0.2, 0.25) is 0 Å². The van der Waals surface area contributed by atoms with Gasteiger partial charge in [-0.25, -0.2) is 4.79 Å². The minimum absolute atomic E-state index is 0.125. The number of hydrogen-bond donors (Lipinski definition) is 2. The molecule has 92 valence electrons. The molecule has 1 aliphatic carbocycles. The second-order valence-corrected chi connectivity index (χ2v) is 4.49. The molecule has 0 radical (unpaired) electrons. The van der Waals surface area contributed by atoms with Gasteiger partial charge < -0.3 is 20.3 Å². The summed E-state index contributed by atoms with van der Waals surface area (Å²) in [6.45, 7) is 0.475. The van der Waals surface area contributed by atoms with E-state index in [1.807, 2.05) is 0 Å². The first-order chi connectivity index (χ1) is 8.08. The number of aromatic nitrogens is 2. The van der Waals surface area contributed by atoms with Crippen LogP contribution in [0.4, 0.5) is 4.79 Å². The minimum Gasteiger partial charge on any atom is -0.390 e. The summed E-state index contributed by atoms with van der Waals surface area (Å²) in [5.74, 6) is 0.125. The van der Waals surface area contributed by atoms with Crippen LogP contribution in [0.25, 0.3) is 0 Å². The van der Waals surface area contributed by atoms with E-state index in [1.165, 1.54) is 0 Å². The third kappa shape index (κ3) is 1.77. The predicted octanol–water partition coefficient (Wildman–Crippen LogP) is -0.107. The molecule has 2 fully saturated rings. The smallest absolute Gasteiger partial charge is 0.390 e. The zero-order valence-corrected chi connectivity index (χ0v) is 9.13. The number of rotatable bonds is 3. The van der Waals surface area contributed by atoms with Gasteiger partial charge in [0.05, 0.1) is 24.9 Å². The van der Waals surface area contributed by atoms with Crippen molar-refractivity contribution in [3.8, 4) is 5.88 Å². The number of nitrogens with zero attached hydrogens (tertiary/aromatic N) is 2. The van der Waals surface area contributed by atoms with E-state index in [0.717, 1.165) is 12.8 Å². The van der Waals surface area contributed by atoms with E-state index in [9.17, 15) is 9.90 Å². The summed E-state index contributed by atoms with van der Waals surface area (Å²) in [5, 5.41) is 14.4. The summed E-state index contributed by atoms with van der Waals surface area (Å²) in [6, 6.07) is 1.82. The summed E-state index contributed by atoms with van der Waals surface area (Å²) in [7, 11) is 0. The molecule has 3 N–H and O–H groups in total. The molecule has 0 spiro atoms. The van der Waals surface area contributed by atoms with Gasteiger partial charge in [-0.15, -0.1) is 5.10 Å². The molecule has 1 aliphatic heterocycles. The number of amides is 1. The van der Waals surface area contributed by atoms with Gasteiger partial charge in [-0.1, -0.05) is 0 Å². The van der Waals surface area contributed by atoms with Crippen molar-refractivity contribution in [2.24, 2.45) is 5.73 Å². The summed E-state index contributed by atoms with van der Waals surface area (Å²) < 4.78 is 11.5. The zero-order chi connectivity index (χ0) is 12.0. The summed E-state index contributed by atoms with van der Waals surface area (Å²) >= 11 is 0. The fraction of sp³-hybridized carbons (Fsp3) is 0.600. The highest BCUT2D eigenvalue weighted by Crippen LogP contribution is 2.40. The molecule has 0 atom stereocenters. The number of carbonyl (C=O) groups is 1. The number of ether oxygens (including phenoxy) is 2. The highest BCUT2D eigenvalue weighted by molar-refractivity contribution is 5.67.